The zero-order valence-corrected chi connectivity index (χ0v) is 11.8. The lowest BCUT2D eigenvalue weighted by Crippen LogP contribution is -2.26. The number of aryl methyl sites for hydroxylation is 1. The number of aromatic nitrogens is 2. The van der Waals surface area contributed by atoms with Crippen molar-refractivity contribution in [1.82, 2.24) is 9.55 Å². The highest BCUT2D eigenvalue weighted by Gasteiger charge is 2.11. The number of nitrogens with two attached hydrogens (primary N) is 1. The molecule has 94 valence electrons. The molecule has 0 unspecified atom stereocenters. The Morgan fingerprint density at radius 3 is 2.89 bits per heavy atom. The molecule has 0 aliphatic carbocycles. The van der Waals surface area contributed by atoms with Crippen LogP contribution in [0.1, 0.15) is 11.4 Å². The lowest BCUT2D eigenvalue weighted by atomic mass is 10.1. The third-order valence-corrected chi connectivity index (χ3v) is 3.42. The lowest BCUT2D eigenvalue weighted by molar-refractivity contribution is 0.590. The minimum Gasteiger partial charge on any atom is -0.398 e. The van der Waals surface area contributed by atoms with Gasteiger partial charge in [-0.05, 0) is 41.6 Å². The summed E-state index contributed by atoms with van der Waals surface area (Å²) >= 11 is 1.91. The second kappa shape index (κ2) is 5.05. The average Bonchev–Trinajstić information content (AvgIpc) is 2.33. The molecule has 0 radical (unpaired) electrons. The molecule has 0 atom stereocenters. The fourth-order valence-corrected chi connectivity index (χ4v) is 2.07. The normalized spacial score (nSPS) is 10.6. The van der Waals surface area contributed by atoms with E-state index >= 15 is 0 Å². The molecule has 0 saturated heterocycles. The summed E-state index contributed by atoms with van der Waals surface area (Å²) in [6.45, 7) is 1.79. The Kier molecular flexibility index (Phi) is 3.65. The van der Waals surface area contributed by atoms with Crippen LogP contribution in [-0.2, 0) is 6.54 Å². The maximum atomic E-state index is 13.7. The topological polar surface area (TPSA) is 60.9 Å². The molecule has 2 aromatic rings. The van der Waals surface area contributed by atoms with Gasteiger partial charge in [0, 0.05) is 17.4 Å². The van der Waals surface area contributed by atoms with Crippen LogP contribution in [0.4, 0.5) is 10.1 Å². The molecule has 1 heterocycles. The summed E-state index contributed by atoms with van der Waals surface area (Å²) in [4.78, 5) is 16.1. The maximum Gasteiger partial charge on any atom is 0.267 e. The molecule has 2 rings (SSSR count). The third-order valence-electron chi connectivity index (χ3n) is 2.68. The highest BCUT2D eigenvalue weighted by Crippen LogP contribution is 2.16. The van der Waals surface area contributed by atoms with E-state index in [0.717, 1.165) is 0 Å². The van der Waals surface area contributed by atoms with Crippen molar-refractivity contribution in [3.05, 3.63) is 55.5 Å². The van der Waals surface area contributed by atoms with Gasteiger partial charge in [-0.25, -0.2) is 9.37 Å². The summed E-state index contributed by atoms with van der Waals surface area (Å²) in [6, 6.07) is 4.48. The largest absolute Gasteiger partial charge is 0.398 e. The van der Waals surface area contributed by atoms with Gasteiger partial charge in [0.15, 0.2) is 0 Å². The van der Waals surface area contributed by atoms with E-state index in [-0.39, 0.29) is 12.1 Å². The second-order valence-electron chi connectivity index (χ2n) is 3.85. The van der Waals surface area contributed by atoms with Crippen LogP contribution in [0.15, 0.2) is 29.2 Å². The molecule has 6 heteroatoms. The van der Waals surface area contributed by atoms with Crippen molar-refractivity contribution in [2.45, 2.75) is 13.5 Å². The van der Waals surface area contributed by atoms with E-state index in [1.54, 1.807) is 13.0 Å². The Morgan fingerprint density at radius 2 is 2.22 bits per heavy atom. The van der Waals surface area contributed by atoms with Crippen LogP contribution < -0.4 is 11.3 Å². The molecule has 0 bridgehead atoms. The van der Waals surface area contributed by atoms with Gasteiger partial charge in [0.25, 0.3) is 5.56 Å². The molecule has 18 heavy (non-hydrogen) atoms. The van der Waals surface area contributed by atoms with Gasteiger partial charge in [-0.1, -0.05) is 6.07 Å². The Labute approximate surface area is 117 Å². The van der Waals surface area contributed by atoms with E-state index in [0.29, 0.717) is 20.6 Å². The van der Waals surface area contributed by atoms with Gasteiger partial charge < -0.3 is 5.73 Å². The van der Waals surface area contributed by atoms with Crippen LogP contribution in [-0.4, -0.2) is 9.55 Å². The third kappa shape index (κ3) is 2.38. The van der Waals surface area contributed by atoms with Crippen LogP contribution >= 0.6 is 22.6 Å². The summed E-state index contributed by atoms with van der Waals surface area (Å²) in [5, 5.41) is 0. The van der Waals surface area contributed by atoms with Crippen molar-refractivity contribution in [3.8, 4) is 0 Å². The van der Waals surface area contributed by atoms with Crippen molar-refractivity contribution >= 4 is 28.3 Å². The van der Waals surface area contributed by atoms with E-state index in [9.17, 15) is 9.18 Å². The molecule has 2 N–H and O–H groups in total. The molecule has 0 fully saturated rings. The van der Waals surface area contributed by atoms with Crippen molar-refractivity contribution in [2.75, 3.05) is 5.73 Å². The standard InChI is InChI=1S/C12H11FIN3O/c1-7-16-5-10(14)12(18)17(7)6-8-9(13)3-2-4-11(8)15/h2-5H,6,15H2,1H3. The number of nitrogen functional groups attached to an aromatic ring is 1. The van der Waals surface area contributed by atoms with Gasteiger partial charge in [0.1, 0.15) is 11.6 Å². The molecule has 4 nitrogen and oxygen atoms in total. The summed E-state index contributed by atoms with van der Waals surface area (Å²) < 4.78 is 15.6. The van der Waals surface area contributed by atoms with Gasteiger partial charge in [-0.15, -0.1) is 0 Å². The van der Waals surface area contributed by atoms with E-state index in [2.05, 4.69) is 4.98 Å². The summed E-state index contributed by atoms with van der Waals surface area (Å²) in [5.74, 6) is 0.114. The van der Waals surface area contributed by atoms with Crippen LogP contribution in [0, 0.1) is 16.3 Å². The minimum absolute atomic E-state index is 0.0903. The van der Waals surface area contributed by atoms with Gasteiger partial charge in [0.2, 0.25) is 0 Å². The first-order chi connectivity index (χ1) is 8.50. The fourth-order valence-electron chi connectivity index (χ4n) is 1.64. The second-order valence-corrected chi connectivity index (χ2v) is 5.01. The molecular weight excluding hydrogens is 348 g/mol. The van der Waals surface area contributed by atoms with Crippen LogP contribution in [0.5, 0.6) is 0 Å². The van der Waals surface area contributed by atoms with E-state index in [1.807, 2.05) is 22.6 Å². The monoisotopic (exact) mass is 359 g/mol. The van der Waals surface area contributed by atoms with Crippen molar-refractivity contribution < 1.29 is 4.39 Å². The van der Waals surface area contributed by atoms with Crippen molar-refractivity contribution in [3.63, 3.8) is 0 Å². The number of benzene rings is 1. The Hall–Kier alpha value is -1.44. The highest BCUT2D eigenvalue weighted by atomic mass is 127. The molecular formula is C12H11FIN3O. The predicted octanol–water partition coefficient (Wildman–Crippen LogP) is 1.93. The summed E-state index contributed by atoms with van der Waals surface area (Å²) in [5.41, 5.74) is 6.19. The zero-order valence-electron chi connectivity index (χ0n) is 9.65. The van der Waals surface area contributed by atoms with E-state index in [1.165, 1.54) is 22.9 Å². The smallest absolute Gasteiger partial charge is 0.267 e. The molecule has 0 spiro atoms. The summed E-state index contributed by atoms with van der Waals surface area (Å²) in [6.07, 6.45) is 1.50. The van der Waals surface area contributed by atoms with Gasteiger partial charge in [0.05, 0.1) is 10.1 Å². The Morgan fingerprint density at radius 1 is 1.50 bits per heavy atom. The molecule has 0 amide bonds. The van der Waals surface area contributed by atoms with Gasteiger partial charge in [-0.3, -0.25) is 9.36 Å². The quantitative estimate of drug-likeness (QED) is 0.659. The predicted molar refractivity (Wildman–Crippen MR) is 75.9 cm³/mol. The van der Waals surface area contributed by atoms with Gasteiger partial charge in [-0.2, -0.15) is 0 Å². The number of nitrogens with zero attached hydrogens (tertiary/aromatic N) is 2. The highest BCUT2D eigenvalue weighted by molar-refractivity contribution is 14.1. The average molecular weight is 359 g/mol. The SMILES string of the molecule is Cc1ncc(I)c(=O)n1Cc1c(N)cccc1F. The first-order valence-electron chi connectivity index (χ1n) is 5.25. The zero-order chi connectivity index (χ0) is 13.3. The van der Waals surface area contributed by atoms with Crippen molar-refractivity contribution in [2.24, 2.45) is 0 Å². The molecule has 0 aliphatic heterocycles. The minimum atomic E-state index is -0.417. The Balaban J connectivity index is 2.53. The lowest BCUT2D eigenvalue weighted by Gasteiger charge is -2.12. The molecule has 0 aliphatic rings. The number of hydrogen-bond donors (Lipinski definition) is 1. The Bertz CT molecular complexity index is 634. The number of anilines is 1. The number of rotatable bonds is 2. The van der Waals surface area contributed by atoms with Crippen LogP contribution in [0.2, 0.25) is 0 Å². The first kappa shape index (κ1) is 13.0. The van der Waals surface area contributed by atoms with Crippen LogP contribution in [0.25, 0.3) is 0 Å². The van der Waals surface area contributed by atoms with E-state index in [4.69, 9.17) is 5.73 Å². The van der Waals surface area contributed by atoms with Gasteiger partial charge >= 0.3 is 0 Å². The first-order valence-corrected chi connectivity index (χ1v) is 6.33. The van der Waals surface area contributed by atoms with E-state index < -0.39 is 5.82 Å². The maximum absolute atomic E-state index is 13.7. The molecule has 1 aromatic heterocycles. The number of halogens is 2. The van der Waals surface area contributed by atoms with Crippen LogP contribution in [0.3, 0.4) is 0 Å². The molecule has 1 aromatic carbocycles. The fraction of sp³-hybridized carbons (Fsp3) is 0.167. The number of hydrogen-bond acceptors (Lipinski definition) is 3. The molecule has 0 saturated carbocycles. The summed E-state index contributed by atoms with van der Waals surface area (Å²) in [7, 11) is 0. The van der Waals surface area contributed by atoms with Crippen molar-refractivity contribution in [1.29, 1.82) is 0 Å².